The Morgan fingerprint density at radius 3 is 0.854 bits per heavy atom. The Balaban J connectivity index is 4.52. The molecule has 0 bridgehead atoms. The summed E-state index contributed by atoms with van der Waals surface area (Å²) < 4.78 is 61.1. The third-order valence-electron chi connectivity index (χ3n) is 16.5. The number of carbonyl (C=O) groups excluding carboxylic acids is 3. The van der Waals surface area contributed by atoms with Crippen molar-refractivity contribution in [2.45, 2.75) is 334 Å². The van der Waals surface area contributed by atoms with Crippen LogP contribution < -0.4 is 0 Å². The molecule has 0 saturated heterocycles. The molecule has 0 aromatic rings. The summed E-state index contributed by atoms with van der Waals surface area (Å²) in [5, 5.41) is 20.6. The van der Waals surface area contributed by atoms with E-state index >= 15 is 0 Å². The van der Waals surface area contributed by atoms with Crippen LogP contribution in [0.4, 0.5) is 0 Å². The van der Waals surface area contributed by atoms with E-state index in [0.717, 1.165) is 173 Å². The lowest BCUT2D eigenvalue weighted by molar-refractivity contribution is -0.161. The van der Waals surface area contributed by atoms with Gasteiger partial charge in [-0.2, -0.15) is 0 Å². The van der Waals surface area contributed by atoms with Crippen LogP contribution in [0.5, 0.6) is 0 Å². The van der Waals surface area contributed by atoms with E-state index in [1.807, 2.05) is 0 Å². The fraction of sp³-hybridized carbons (Fsp3) is 0.682. The zero-order valence-corrected chi connectivity index (χ0v) is 66.2. The molecule has 0 aromatic heterocycles. The number of esters is 3. The second-order valence-electron chi connectivity index (χ2n) is 26.5. The number of unbranched alkanes of at least 4 members (excludes halogenated alkanes) is 28. The maximum Gasteiger partial charge on any atom is 0.472 e. The highest BCUT2D eigenvalue weighted by atomic mass is 31.2. The SMILES string of the molecule is CC/C=C\C/C=C\C/C=C\C/C=C\C/C=C\C/C=C\CCCCCCCCC(=O)OCC(COP(=O)(O)OCC(O)COP(=O)(O)OCC(O)COC(=O)CCCCCCCCCCCCCCC/C=C\C/C=C\C/C=C\C/C=C\CCCCC)OC(=O)CCCCCCC/C=C\C/C=C\CCC. The molecule has 0 aliphatic carbocycles. The molecule has 16 nitrogen and oxygen atoms in total. The van der Waals surface area contributed by atoms with E-state index in [1.165, 1.54) is 83.5 Å². The summed E-state index contributed by atoms with van der Waals surface area (Å²) in [6.45, 7) is 2.44. The predicted molar refractivity (Wildman–Crippen MR) is 426 cm³/mol. The lowest BCUT2D eigenvalue weighted by Gasteiger charge is -2.21. The highest BCUT2D eigenvalue weighted by Crippen LogP contribution is 2.45. The molecule has 590 valence electrons. The van der Waals surface area contributed by atoms with Gasteiger partial charge in [0.2, 0.25) is 0 Å². The molecule has 103 heavy (non-hydrogen) atoms. The molecular formula is C85H144O16P2. The first kappa shape index (κ1) is 98.4. The van der Waals surface area contributed by atoms with Gasteiger partial charge in [-0.1, -0.05) is 301 Å². The zero-order valence-electron chi connectivity index (χ0n) is 64.4. The Labute approximate surface area is 626 Å². The lowest BCUT2D eigenvalue weighted by Crippen LogP contribution is -2.30. The highest BCUT2D eigenvalue weighted by molar-refractivity contribution is 7.47. The summed E-state index contributed by atoms with van der Waals surface area (Å²) in [4.78, 5) is 58.6. The predicted octanol–water partition coefficient (Wildman–Crippen LogP) is 23.7. The third kappa shape index (κ3) is 78.3. The Hall–Kier alpha value is -4.57. The van der Waals surface area contributed by atoms with E-state index in [0.29, 0.717) is 19.3 Å². The van der Waals surface area contributed by atoms with E-state index < -0.39 is 91.5 Å². The average molecular weight is 1480 g/mol. The molecule has 0 saturated carbocycles. The van der Waals surface area contributed by atoms with Crippen molar-refractivity contribution in [3.63, 3.8) is 0 Å². The minimum Gasteiger partial charge on any atom is -0.463 e. The summed E-state index contributed by atoms with van der Waals surface area (Å²) >= 11 is 0. The van der Waals surface area contributed by atoms with Gasteiger partial charge in [-0.3, -0.25) is 32.5 Å². The van der Waals surface area contributed by atoms with Crippen molar-refractivity contribution in [1.29, 1.82) is 0 Å². The maximum absolute atomic E-state index is 12.9. The number of phosphoric ester groups is 2. The quantitative estimate of drug-likeness (QED) is 0.0146. The van der Waals surface area contributed by atoms with Crippen LogP contribution in [0.15, 0.2) is 146 Å². The van der Waals surface area contributed by atoms with Gasteiger partial charge in [-0.25, -0.2) is 9.13 Å². The van der Waals surface area contributed by atoms with Crippen molar-refractivity contribution in [2.75, 3.05) is 39.6 Å². The van der Waals surface area contributed by atoms with Crippen molar-refractivity contribution in [3.8, 4) is 0 Å². The summed E-state index contributed by atoms with van der Waals surface area (Å²) in [5.41, 5.74) is 0. The maximum atomic E-state index is 12.9. The monoisotopic (exact) mass is 1480 g/mol. The van der Waals surface area contributed by atoms with E-state index in [1.54, 1.807) is 0 Å². The number of ether oxygens (including phenoxy) is 3. The van der Waals surface area contributed by atoms with Crippen molar-refractivity contribution >= 4 is 33.6 Å². The van der Waals surface area contributed by atoms with Crippen LogP contribution in [0.1, 0.15) is 316 Å². The average Bonchev–Trinajstić information content (AvgIpc) is 1.11. The number of aliphatic hydroxyl groups excluding tert-OH is 2. The normalized spacial score (nSPS) is 14.7. The Morgan fingerprint density at radius 2 is 0.534 bits per heavy atom. The van der Waals surface area contributed by atoms with Gasteiger partial charge in [0.1, 0.15) is 25.4 Å². The van der Waals surface area contributed by atoms with Crippen molar-refractivity contribution < 1.29 is 75.8 Å². The topological polar surface area (TPSA) is 231 Å². The zero-order chi connectivity index (χ0) is 75.2. The van der Waals surface area contributed by atoms with Gasteiger partial charge in [-0.05, 0) is 141 Å². The molecule has 0 radical (unpaired) electrons. The van der Waals surface area contributed by atoms with Gasteiger partial charge < -0.3 is 34.2 Å². The second kappa shape index (κ2) is 77.1. The molecule has 4 N–H and O–H groups in total. The molecule has 0 heterocycles. The van der Waals surface area contributed by atoms with Gasteiger partial charge >= 0.3 is 33.6 Å². The molecule has 5 atom stereocenters. The molecule has 0 spiro atoms. The molecule has 0 fully saturated rings. The van der Waals surface area contributed by atoms with Crippen molar-refractivity contribution in [3.05, 3.63) is 146 Å². The summed E-state index contributed by atoms with van der Waals surface area (Å²) in [7, 11) is -9.80. The van der Waals surface area contributed by atoms with E-state index in [2.05, 4.69) is 167 Å². The molecule has 0 amide bonds. The molecule has 0 aliphatic heterocycles. The van der Waals surface area contributed by atoms with Crippen LogP contribution >= 0.6 is 15.6 Å². The Bertz CT molecular complexity index is 2450. The van der Waals surface area contributed by atoms with Crippen molar-refractivity contribution in [2.24, 2.45) is 0 Å². The number of aliphatic hydroxyl groups is 2. The number of phosphoric acid groups is 2. The van der Waals surface area contributed by atoms with Crippen LogP contribution in [0.25, 0.3) is 0 Å². The first-order valence-corrected chi connectivity index (χ1v) is 43.1. The minimum atomic E-state index is -4.94. The Kier molecular flexibility index (Phi) is 73.6. The second-order valence-corrected chi connectivity index (χ2v) is 29.4. The first-order valence-electron chi connectivity index (χ1n) is 40.1. The fourth-order valence-corrected chi connectivity index (χ4v) is 12.0. The smallest absolute Gasteiger partial charge is 0.463 e. The first-order chi connectivity index (χ1) is 50.2. The number of carbonyl (C=O) groups is 3. The fourth-order valence-electron chi connectivity index (χ4n) is 10.4. The van der Waals surface area contributed by atoms with Crippen molar-refractivity contribution in [1.82, 2.24) is 0 Å². The number of allylic oxidation sites excluding steroid dienone is 24. The van der Waals surface area contributed by atoms with Gasteiger partial charge in [0, 0.05) is 19.3 Å². The standard InChI is InChI=1S/C85H144O16P2/c1-4-7-10-13-16-19-22-25-27-29-31-33-35-37-38-39-40-42-44-45-47-49-51-54-56-59-62-65-68-71-83(88)95-74-80(86)75-97-102(91,92)98-76-81(87)77-99-103(93,94)100-79-82(101-85(90)73-70-67-64-61-58-53-24-21-18-15-12-9-6-3)78-96-84(89)72-69-66-63-60-57-55-52-50-48-46-43-41-36-34-32-30-28-26-23-20-17-14-11-8-5-2/h8,11-12,15-17,19-21,24-28,31-34,37-38,41,43,48,50,80-82,86-87H,4-7,9-10,13-14,18,22-23,29-30,35-36,39-40,42,44-47,49,51-79H2,1-3H3,(H,91,92)(H,93,94)/b11-8-,15-12-,19-16-,20-17-,24-21-,27-25-,28-26-,33-31-,34-32-,38-37-,43-41-,50-48-. The number of hydrogen-bond acceptors (Lipinski definition) is 14. The largest absolute Gasteiger partial charge is 0.472 e. The van der Waals surface area contributed by atoms with Gasteiger partial charge in [0.25, 0.3) is 0 Å². The minimum absolute atomic E-state index is 0.0807. The lowest BCUT2D eigenvalue weighted by atomic mass is 10.0. The number of hydrogen-bond donors (Lipinski definition) is 4. The summed E-state index contributed by atoms with van der Waals surface area (Å²) in [5.74, 6) is -1.61. The van der Waals surface area contributed by atoms with Crippen LogP contribution in [0, 0.1) is 0 Å². The molecule has 18 heteroatoms. The van der Waals surface area contributed by atoms with Crippen LogP contribution in [0.3, 0.4) is 0 Å². The van der Waals surface area contributed by atoms with Gasteiger partial charge in [0.05, 0.1) is 26.4 Å². The van der Waals surface area contributed by atoms with Crippen LogP contribution in [-0.4, -0.2) is 95.9 Å². The van der Waals surface area contributed by atoms with Gasteiger partial charge in [0.15, 0.2) is 6.10 Å². The van der Waals surface area contributed by atoms with E-state index in [9.17, 15) is 43.5 Å². The van der Waals surface area contributed by atoms with Gasteiger partial charge in [-0.15, -0.1) is 0 Å². The molecule has 0 aromatic carbocycles. The Morgan fingerprint density at radius 1 is 0.282 bits per heavy atom. The third-order valence-corrected chi connectivity index (χ3v) is 18.4. The van der Waals surface area contributed by atoms with E-state index in [4.69, 9.17) is 32.3 Å². The van der Waals surface area contributed by atoms with Crippen LogP contribution in [0.2, 0.25) is 0 Å². The number of rotatable bonds is 75. The summed E-state index contributed by atoms with van der Waals surface area (Å²) in [6, 6.07) is 0. The van der Waals surface area contributed by atoms with Crippen LogP contribution in [-0.2, 0) is 55.8 Å². The molecular weight excluding hydrogens is 1340 g/mol. The van der Waals surface area contributed by atoms with E-state index in [-0.39, 0.29) is 19.3 Å². The molecule has 0 aliphatic rings. The highest BCUT2D eigenvalue weighted by Gasteiger charge is 2.29. The molecule has 5 unspecified atom stereocenters. The molecule has 0 rings (SSSR count). The summed E-state index contributed by atoms with van der Waals surface area (Å²) in [6.07, 6.45) is 94.7.